The zero-order chi connectivity index (χ0) is 25.3. The number of amides is 1. The van der Waals surface area contributed by atoms with Gasteiger partial charge in [0, 0.05) is 31.7 Å². The molecule has 36 heavy (non-hydrogen) atoms. The number of carbonyl (C=O) groups excluding carboxylic acids is 1. The molecule has 0 aliphatic rings. The summed E-state index contributed by atoms with van der Waals surface area (Å²) in [6, 6.07) is 19.1. The number of hydrogen-bond donors (Lipinski definition) is 4. The maximum absolute atomic E-state index is 11.9. The van der Waals surface area contributed by atoms with Crippen molar-refractivity contribution in [1.82, 2.24) is 20.3 Å². The molecule has 1 aromatic heterocycles. The fourth-order valence-electron chi connectivity index (χ4n) is 3.04. The van der Waals surface area contributed by atoms with Gasteiger partial charge in [0.1, 0.15) is 0 Å². The Morgan fingerprint density at radius 1 is 0.750 bits per heavy atom. The lowest BCUT2D eigenvalue weighted by Crippen LogP contribution is -2.27. The van der Waals surface area contributed by atoms with Crippen molar-refractivity contribution in [2.75, 3.05) is 62.0 Å². The first-order chi connectivity index (χ1) is 17.7. The highest BCUT2D eigenvalue weighted by molar-refractivity contribution is 5.94. The lowest BCUT2D eigenvalue weighted by Gasteiger charge is -2.11. The van der Waals surface area contributed by atoms with Crippen molar-refractivity contribution in [3.05, 3.63) is 84.4 Å². The van der Waals surface area contributed by atoms with Gasteiger partial charge in [0.05, 0.1) is 26.4 Å². The van der Waals surface area contributed by atoms with Gasteiger partial charge in [-0.05, 0) is 17.7 Å². The molecule has 0 fully saturated rings. The first-order valence-electron chi connectivity index (χ1n) is 11.9. The van der Waals surface area contributed by atoms with Crippen LogP contribution in [-0.2, 0) is 16.0 Å². The van der Waals surface area contributed by atoms with Crippen LogP contribution in [0.25, 0.3) is 0 Å². The molecule has 0 radical (unpaired) electrons. The van der Waals surface area contributed by atoms with Gasteiger partial charge >= 0.3 is 0 Å². The SMILES string of the molecule is C=CCNc1nc(NCCOCCOCCNC(=O)c2ccccc2)nc(NCc2ccccc2)n1. The molecule has 0 spiro atoms. The lowest BCUT2D eigenvalue weighted by atomic mass is 10.2. The predicted octanol–water partition coefficient (Wildman–Crippen LogP) is 2.96. The van der Waals surface area contributed by atoms with E-state index in [1.807, 2.05) is 48.5 Å². The molecule has 0 bridgehead atoms. The molecule has 2 aromatic carbocycles. The number of nitrogens with zero attached hydrogens (tertiary/aromatic N) is 3. The molecule has 0 unspecified atom stereocenters. The summed E-state index contributed by atoms with van der Waals surface area (Å²) in [7, 11) is 0. The number of benzene rings is 2. The van der Waals surface area contributed by atoms with Crippen LogP contribution in [0.3, 0.4) is 0 Å². The van der Waals surface area contributed by atoms with Crippen molar-refractivity contribution in [3.8, 4) is 0 Å². The Morgan fingerprint density at radius 3 is 2.00 bits per heavy atom. The minimum absolute atomic E-state index is 0.110. The van der Waals surface area contributed by atoms with E-state index in [4.69, 9.17) is 9.47 Å². The number of nitrogens with one attached hydrogen (secondary N) is 4. The van der Waals surface area contributed by atoms with E-state index in [2.05, 4.69) is 42.8 Å². The molecule has 1 amide bonds. The van der Waals surface area contributed by atoms with Crippen LogP contribution in [0.2, 0.25) is 0 Å². The molecule has 0 aliphatic heterocycles. The molecule has 0 atom stereocenters. The summed E-state index contributed by atoms with van der Waals surface area (Å²) < 4.78 is 11.1. The summed E-state index contributed by atoms with van der Waals surface area (Å²) in [6.07, 6.45) is 1.74. The van der Waals surface area contributed by atoms with Crippen molar-refractivity contribution in [2.45, 2.75) is 6.54 Å². The van der Waals surface area contributed by atoms with Gasteiger partial charge in [-0.2, -0.15) is 15.0 Å². The molecule has 4 N–H and O–H groups in total. The normalized spacial score (nSPS) is 10.4. The zero-order valence-corrected chi connectivity index (χ0v) is 20.3. The molecular formula is C26H33N7O3. The van der Waals surface area contributed by atoms with Gasteiger partial charge in [0.2, 0.25) is 17.8 Å². The van der Waals surface area contributed by atoms with E-state index in [0.29, 0.717) is 76.0 Å². The van der Waals surface area contributed by atoms with E-state index >= 15 is 0 Å². The van der Waals surface area contributed by atoms with Gasteiger partial charge in [-0.15, -0.1) is 6.58 Å². The molecule has 0 aliphatic carbocycles. The number of anilines is 3. The van der Waals surface area contributed by atoms with Gasteiger partial charge in [-0.25, -0.2) is 0 Å². The highest BCUT2D eigenvalue weighted by Crippen LogP contribution is 2.11. The predicted molar refractivity (Wildman–Crippen MR) is 141 cm³/mol. The molecular weight excluding hydrogens is 458 g/mol. The smallest absolute Gasteiger partial charge is 0.251 e. The molecule has 10 heteroatoms. The zero-order valence-electron chi connectivity index (χ0n) is 20.3. The Labute approximate surface area is 211 Å². The number of rotatable bonds is 17. The van der Waals surface area contributed by atoms with Gasteiger partial charge in [0.25, 0.3) is 5.91 Å². The first-order valence-corrected chi connectivity index (χ1v) is 11.9. The Hall–Kier alpha value is -4.02. The van der Waals surface area contributed by atoms with Gasteiger partial charge in [-0.3, -0.25) is 4.79 Å². The fourth-order valence-corrected chi connectivity index (χ4v) is 3.04. The second-order valence-electron chi connectivity index (χ2n) is 7.59. The third-order valence-corrected chi connectivity index (χ3v) is 4.80. The van der Waals surface area contributed by atoms with Crippen LogP contribution >= 0.6 is 0 Å². The Morgan fingerprint density at radius 2 is 1.33 bits per heavy atom. The van der Waals surface area contributed by atoms with Crippen molar-refractivity contribution in [2.24, 2.45) is 0 Å². The number of ether oxygens (including phenoxy) is 2. The number of hydrogen-bond acceptors (Lipinski definition) is 9. The van der Waals surface area contributed by atoms with Crippen molar-refractivity contribution in [1.29, 1.82) is 0 Å². The highest BCUT2D eigenvalue weighted by atomic mass is 16.5. The van der Waals surface area contributed by atoms with Crippen LogP contribution in [0, 0.1) is 0 Å². The summed E-state index contributed by atoms with van der Waals surface area (Å²) >= 11 is 0. The molecule has 10 nitrogen and oxygen atoms in total. The first kappa shape index (κ1) is 26.6. The van der Waals surface area contributed by atoms with E-state index < -0.39 is 0 Å². The van der Waals surface area contributed by atoms with Gasteiger partial charge < -0.3 is 30.7 Å². The van der Waals surface area contributed by atoms with E-state index in [-0.39, 0.29) is 5.91 Å². The minimum Gasteiger partial charge on any atom is -0.377 e. The summed E-state index contributed by atoms with van der Waals surface area (Å²) in [5.41, 5.74) is 1.76. The summed E-state index contributed by atoms with van der Waals surface area (Å²) in [5, 5.41) is 12.3. The van der Waals surface area contributed by atoms with Crippen molar-refractivity contribution in [3.63, 3.8) is 0 Å². The van der Waals surface area contributed by atoms with Gasteiger partial charge in [-0.1, -0.05) is 54.6 Å². The summed E-state index contributed by atoms with van der Waals surface area (Å²) in [4.78, 5) is 25.2. The second-order valence-corrected chi connectivity index (χ2v) is 7.59. The molecule has 0 saturated carbocycles. The highest BCUT2D eigenvalue weighted by Gasteiger charge is 2.06. The Balaban J connectivity index is 1.31. The largest absolute Gasteiger partial charge is 0.377 e. The van der Waals surface area contributed by atoms with Gasteiger partial charge in [0.15, 0.2) is 0 Å². The summed E-state index contributed by atoms with van der Waals surface area (Å²) in [6.45, 7) is 7.59. The summed E-state index contributed by atoms with van der Waals surface area (Å²) in [5.74, 6) is 1.26. The molecule has 3 rings (SSSR count). The van der Waals surface area contributed by atoms with Crippen LogP contribution in [0.5, 0.6) is 0 Å². The lowest BCUT2D eigenvalue weighted by molar-refractivity contribution is 0.0519. The standard InChI is InChI=1S/C26H33N7O3/c1-2-13-28-24-31-25(33-26(32-24)30-20-21-9-5-3-6-10-21)29-15-17-36-19-18-35-16-14-27-23(34)22-11-7-4-8-12-22/h2-12H,1,13-20H2,(H,27,34)(H3,28,29,30,31,32,33). The Kier molecular flexibility index (Phi) is 11.7. The fraction of sp³-hybridized carbons (Fsp3) is 0.308. The van der Waals surface area contributed by atoms with Crippen LogP contribution in [0.4, 0.5) is 17.8 Å². The van der Waals surface area contributed by atoms with E-state index in [0.717, 1.165) is 5.56 Å². The average molecular weight is 492 g/mol. The van der Waals surface area contributed by atoms with Crippen LogP contribution < -0.4 is 21.3 Å². The van der Waals surface area contributed by atoms with E-state index in [1.54, 1.807) is 18.2 Å². The topological polar surface area (TPSA) is 122 Å². The number of aromatic nitrogens is 3. The molecule has 1 heterocycles. The quantitative estimate of drug-likeness (QED) is 0.167. The van der Waals surface area contributed by atoms with E-state index in [1.165, 1.54) is 0 Å². The molecule has 190 valence electrons. The van der Waals surface area contributed by atoms with Crippen molar-refractivity contribution < 1.29 is 14.3 Å². The third-order valence-electron chi connectivity index (χ3n) is 4.80. The average Bonchev–Trinajstić information content (AvgIpc) is 2.92. The Bertz CT molecular complexity index is 1050. The maximum Gasteiger partial charge on any atom is 0.251 e. The second kappa shape index (κ2) is 15.8. The number of carbonyl (C=O) groups is 1. The van der Waals surface area contributed by atoms with Crippen LogP contribution in [0.1, 0.15) is 15.9 Å². The molecule has 3 aromatic rings. The molecule has 0 saturated heterocycles. The van der Waals surface area contributed by atoms with Crippen LogP contribution in [-0.4, -0.2) is 66.9 Å². The monoisotopic (exact) mass is 491 g/mol. The van der Waals surface area contributed by atoms with E-state index in [9.17, 15) is 4.79 Å². The third kappa shape index (κ3) is 10.1. The maximum atomic E-state index is 11.9. The minimum atomic E-state index is -0.110. The van der Waals surface area contributed by atoms with Crippen molar-refractivity contribution >= 4 is 23.8 Å². The van der Waals surface area contributed by atoms with Crippen LogP contribution in [0.15, 0.2) is 73.3 Å².